The Morgan fingerprint density at radius 3 is 2.40 bits per heavy atom. The van der Waals surface area contributed by atoms with Crippen LogP contribution in [0, 0.1) is 0 Å². The van der Waals surface area contributed by atoms with Crippen molar-refractivity contribution < 1.29 is 32.6 Å². The Labute approximate surface area is 173 Å². The van der Waals surface area contributed by atoms with Crippen molar-refractivity contribution in [1.82, 2.24) is 10.2 Å². The lowest BCUT2D eigenvalue weighted by Gasteiger charge is -2.19. The second-order valence-corrected chi connectivity index (χ2v) is 6.25. The van der Waals surface area contributed by atoms with Crippen LogP contribution in [0.2, 0.25) is 0 Å². The second kappa shape index (κ2) is 11.0. The zero-order valence-electron chi connectivity index (χ0n) is 17.0. The number of hydrogen-bond acceptors (Lipinski definition) is 5. The predicted octanol–water partition coefficient (Wildman–Crippen LogP) is 3.08. The predicted molar refractivity (Wildman–Crippen MR) is 106 cm³/mol. The van der Waals surface area contributed by atoms with Crippen LogP contribution in [0.1, 0.15) is 22.8 Å². The number of likely N-dealkylation sites (N-methyl/N-ethyl adjacent to an activating group) is 1. The minimum Gasteiger partial charge on any atom is -0.494 e. The first-order valence-electron chi connectivity index (χ1n) is 9.20. The average Bonchev–Trinajstić information content (AvgIpc) is 2.73. The molecule has 2 aromatic rings. The van der Waals surface area contributed by atoms with Crippen LogP contribution in [-0.2, 0) is 11.3 Å². The Balaban J connectivity index is 1.90. The Morgan fingerprint density at radius 2 is 1.80 bits per heavy atom. The quantitative estimate of drug-likeness (QED) is 0.637. The second-order valence-electron chi connectivity index (χ2n) is 6.25. The van der Waals surface area contributed by atoms with Gasteiger partial charge in [-0.15, -0.1) is 0 Å². The van der Waals surface area contributed by atoms with Crippen molar-refractivity contribution in [2.45, 2.75) is 20.1 Å². The van der Waals surface area contributed by atoms with Crippen LogP contribution in [0.5, 0.6) is 17.2 Å². The highest BCUT2D eigenvalue weighted by molar-refractivity contribution is 5.96. The third-order valence-corrected chi connectivity index (χ3v) is 4.12. The molecule has 0 bridgehead atoms. The molecule has 7 nitrogen and oxygen atoms in total. The van der Waals surface area contributed by atoms with Crippen molar-refractivity contribution >= 4 is 11.8 Å². The summed E-state index contributed by atoms with van der Waals surface area (Å²) in [5.74, 6) is 0.00619. The van der Waals surface area contributed by atoms with Gasteiger partial charge in [0.2, 0.25) is 5.91 Å². The highest BCUT2D eigenvalue weighted by atomic mass is 19.3. The Kier molecular flexibility index (Phi) is 8.40. The molecule has 0 spiro atoms. The van der Waals surface area contributed by atoms with Crippen molar-refractivity contribution in [2.75, 3.05) is 27.3 Å². The van der Waals surface area contributed by atoms with Gasteiger partial charge in [-0.3, -0.25) is 9.59 Å². The normalized spacial score (nSPS) is 10.5. The molecule has 0 radical (unpaired) electrons. The lowest BCUT2D eigenvalue weighted by Crippen LogP contribution is -2.37. The van der Waals surface area contributed by atoms with Crippen LogP contribution in [0.15, 0.2) is 42.5 Å². The highest BCUT2D eigenvalue weighted by Gasteiger charge is 2.15. The zero-order chi connectivity index (χ0) is 22.1. The standard InChI is InChI=1S/C21H24F2N2O5/c1-4-29-16-8-6-15(7-9-16)20(27)24-12-19(26)25(2)13-14-5-10-17(30-21(22)23)18(11-14)28-3/h5-11,21H,4,12-13H2,1-3H3,(H,24,27). The van der Waals surface area contributed by atoms with Crippen LogP contribution < -0.4 is 19.5 Å². The molecule has 0 atom stereocenters. The number of benzene rings is 2. The van der Waals surface area contributed by atoms with Crippen molar-refractivity contribution in [2.24, 2.45) is 0 Å². The molecule has 0 saturated carbocycles. The van der Waals surface area contributed by atoms with Crippen LogP contribution in [0.25, 0.3) is 0 Å². The van der Waals surface area contributed by atoms with Gasteiger partial charge in [0.1, 0.15) is 5.75 Å². The minimum absolute atomic E-state index is 0.0900. The third kappa shape index (κ3) is 6.61. The maximum atomic E-state index is 12.4. The summed E-state index contributed by atoms with van der Waals surface area (Å²) in [7, 11) is 2.91. The largest absolute Gasteiger partial charge is 0.494 e. The number of amides is 2. The van der Waals surface area contributed by atoms with Crippen molar-refractivity contribution in [3.63, 3.8) is 0 Å². The number of alkyl halides is 2. The first-order valence-corrected chi connectivity index (χ1v) is 9.20. The van der Waals surface area contributed by atoms with Gasteiger partial charge in [0.15, 0.2) is 11.5 Å². The molecule has 2 aromatic carbocycles. The SMILES string of the molecule is CCOc1ccc(C(=O)NCC(=O)N(C)Cc2ccc(OC(F)F)c(OC)c2)cc1. The number of carbonyl (C=O) groups excluding carboxylic acids is 2. The number of methoxy groups -OCH3 is 1. The van der Waals surface area contributed by atoms with E-state index in [-0.39, 0.29) is 36.4 Å². The van der Waals surface area contributed by atoms with Crippen LogP contribution in [-0.4, -0.2) is 50.6 Å². The van der Waals surface area contributed by atoms with Crippen LogP contribution in [0.3, 0.4) is 0 Å². The summed E-state index contributed by atoms with van der Waals surface area (Å²) < 4.78 is 39.6. The average molecular weight is 422 g/mol. The molecule has 0 saturated heterocycles. The first-order chi connectivity index (χ1) is 14.3. The van der Waals surface area contributed by atoms with Crippen LogP contribution in [0.4, 0.5) is 8.78 Å². The lowest BCUT2D eigenvalue weighted by atomic mass is 10.2. The van der Waals surface area contributed by atoms with E-state index in [2.05, 4.69) is 10.1 Å². The summed E-state index contributed by atoms with van der Waals surface area (Å²) in [6, 6.07) is 11.0. The van der Waals surface area contributed by atoms with E-state index in [0.717, 1.165) is 0 Å². The van der Waals surface area contributed by atoms with Gasteiger partial charge in [-0.05, 0) is 48.9 Å². The molecule has 2 rings (SSSR count). The topological polar surface area (TPSA) is 77.1 Å². The molecule has 9 heteroatoms. The number of ether oxygens (including phenoxy) is 3. The maximum absolute atomic E-state index is 12.4. The van der Waals surface area contributed by atoms with Crippen LogP contribution >= 0.6 is 0 Å². The number of nitrogens with one attached hydrogen (secondary N) is 1. The van der Waals surface area contributed by atoms with Gasteiger partial charge in [-0.2, -0.15) is 8.78 Å². The van der Waals surface area contributed by atoms with E-state index in [9.17, 15) is 18.4 Å². The summed E-state index contributed by atoms with van der Waals surface area (Å²) in [5, 5.41) is 2.57. The van der Waals surface area contributed by atoms with Crippen molar-refractivity contribution in [3.05, 3.63) is 53.6 Å². The molecule has 2 amide bonds. The molecule has 0 fully saturated rings. The fourth-order valence-electron chi connectivity index (χ4n) is 2.63. The number of rotatable bonds is 10. The van der Waals surface area contributed by atoms with Gasteiger partial charge >= 0.3 is 6.61 Å². The van der Waals surface area contributed by atoms with Gasteiger partial charge in [0.25, 0.3) is 5.91 Å². The molecule has 162 valence electrons. The summed E-state index contributed by atoms with van der Waals surface area (Å²) in [4.78, 5) is 25.9. The molecule has 1 N–H and O–H groups in total. The number of halogens is 2. The molecule has 0 aliphatic carbocycles. The Bertz CT molecular complexity index is 859. The van der Waals surface area contributed by atoms with E-state index in [1.54, 1.807) is 37.4 Å². The number of carbonyl (C=O) groups is 2. The smallest absolute Gasteiger partial charge is 0.387 e. The van der Waals surface area contributed by atoms with E-state index in [4.69, 9.17) is 9.47 Å². The Morgan fingerprint density at radius 1 is 1.10 bits per heavy atom. The molecular formula is C21H24F2N2O5. The van der Waals surface area contributed by atoms with E-state index < -0.39 is 6.61 Å². The lowest BCUT2D eigenvalue weighted by molar-refractivity contribution is -0.129. The van der Waals surface area contributed by atoms with E-state index in [1.807, 2.05) is 6.92 Å². The van der Waals surface area contributed by atoms with Crippen molar-refractivity contribution in [1.29, 1.82) is 0 Å². The summed E-state index contributed by atoms with van der Waals surface area (Å²) in [6.45, 7) is -0.562. The number of hydrogen-bond donors (Lipinski definition) is 1. The Hall–Kier alpha value is -3.36. The zero-order valence-corrected chi connectivity index (χ0v) is 17.0. The van der Waals surface area contributed by atoms with E-state index >= 15 is 0 Å². The maximum Gasteiger partial charge on any atom is 0.387 e. The third-order valence-electron chi connectivity index (χ3n) is 4.12. The molecular weight excluding hydrogens is 398 g/mol. The molecule has 30 heavy (non-hydrogen) atoms. The molecule has 0 heterocycles. The van der Waals surface area contributed by atoms with Gasteiger partial charge < -0.3 is 24.4 Å². The fraction of sp³-hybridized carbons (Fsp3) is 0.333. The number of nitrogens with zero attached hydrogens (tertiary/aromatic N) is 1. The van der Waals surface area contributed by atoms with E-state index in [1.165, 1.54) is 24.1 Å². The minimum atomic E-state index is -2.96. The van der Waals surface area contributed by atoms with Gasteiger partial charge in [-0.25, -0.2) is 0 Å². The summed E-state index contributed by atoms with van der Waals surface area (Å²) in [5.41, 5.74) is 1.07. The first kappa shape index (κ1) is 22.9. The highest BCUT2D eigenvalue weighted by Crippen LogP contribution is 2.29. The molecule has 0 aliphatic rings. The fourth-order valence-corrected chi connectivity index (χ4v) is 2.63. The van der Waals surface area contributed by atoms with Crippen molar-refractivity contribution in [3.8, 4) is 17.2 Å². The van der Waals surface area contributed by atoms with Gasteiger partial charge in [0, 0.05) is 19.2 Å². The monoisotopic (exact) mass is 422 g/mol. The van der Waals surface area contributed by atoms with E-state index in [0.29, 0.717) is 23.5 Å². The summed E-state index contributed by atoms with van der Waals surface area (Å²) in [6.07, 6.45) is 0. The van der Waals surface area contributed by atoms with Gasteiger partial charge in [0.05, 0.1) is 20.3 Å². The van der Waals surface area contributed by atoms with Gasteiger partial charge in [-0.1, -0.05) is 6.07 Å². The molecule has 0 aromatic heterocycles. The molecule has 0 aliphatic heterocycles. The molecule has 0 unspecified atom stereocenters. The summed E-state index contributed by atoms with van der Waals surface area (Å²) >= 11 is 0.